The number of hydrogen-bond acceptors (Lipinski definition) is 3. The van der Waals surface area contributed by atoms with Gasteiger partial charge in [-0.25, -0.2) is 0 Å². The minimum absolute atomic E-state index is 0.673. The molecule has 94 valence electrons. The monoisotopic (exact) mass is 306 g/mol. The summed E-state index contributed by atoms with van der Waals surface area (Å²) in [6.07, 6.45) is 0. The molecule has 0 unspecified atom stereocenters. The minimum Gasteiger partial charge on any atom is -0.494 e. The molecule has 3 N–H and O–H groups in total. The van der Waals surface area contributed by atoms with Crippen LogP contribution in [0.15, 0.2) is 46.9 Å². The lowest BCUT2D eigenvalue weighted by Crippen LogP contribution is -1.96. The average molecular weight is 307 g/mol. The molecule has 3 nitrogen and oxygen atoms in total. The summed E-state index contributed by atoms with van der Waals surface area (Å²) in [5.74, 6) is 0.867. The predicted molar refractivity (Wildman–Crippen MR) is 79.4 cm³/mol. The zero-order valence-electron chi connectivity index (χ0n) is 10.1. The van der Waals surface area contributed by atoms with E-state index in [2.05, 4.69) is 21.2 Å². The molecular weight excluding hydrogens is 292 g/mol. The summed E-state index contributed by atoms with van der Waals surface area (Å²) in [5, 5.41) is 3.27. The number of nitrogen functional groups attached to an aromatic ring is 1. The molecule has 18 heavy (non-hydrogen) atoms. The molecule has 0 bridgehead atoms. The van der Waals surface area contributed by atoms with E-state index in [1.807, 2.05) is 49.4 Å². The SMILES string of the molecule is CCOc1ccc(Nc2ccc(Br)cc2N)cc1. The molecule has 0 aromatic heterocycles. The molecule has 0 aliphatic rings. The van der Waals surface area contributed by atoms with Crippen LogP contribution in [0.1, 0.15) is 6.92 Å². The maximum atomic E-state index is 5.93. The molecule has 0 aliphatic heterocycles. The molecule has 2 aromatic rings. The summed E-state index contributed by atoms with van der Waals surface area (Å²) in [7, 11) is 0. The van der Waals surface area contributed by atoms with Crippen molar-refractivity contribution < 1.29 is 4.74 Å². The quantitative estimate of drug-likeness (QED) is 0.833. The Morgan fingerprint density at radius 3 is 2.50 bits per heavy atom. The highest BCUT2D eigenvalue weighted by molar-refractivity contribution is 9.10. The lowest BCUT2D eigenvalue weighted by Gasteiger charge is -2.10. The molecule has 0 fully saturated rings. The van der Waals surface area contributed by atoms with Gasteiger partial charge in [0.2, 0.25) is 0 Å². The summed E-state index contributed by atoms with van der Waals surface area (Å²) in [6.45, 7) is 2.64. The third kappa shape index (κ3) is 3.17. The smallest absolute Gasteiger partial charge is 0.119 e. The van der Waals surface area contributed by atoms with Gasteiger partial charge in [-0.3, -0.25) is 0 Å². The standard InChI is InChI=1S/C14H15BrN2O/c1-2-18-12-6-4-11(5-7-12)17-14-8-3-10(15)9-13(14)16/h3-9,17H,2,16H2,1H3. The third-order valence-electron chi connectivity index (χ3n) is 2.46. The highest BCUT2D eigenvalue weighted by Crippen LogP contribution is 2.27. The number of benzene rings is 2. The molecule has 0 spiro atoms. The van der Waals surface area contributed by atoms with Gasteiger partial charge >= 0.3 is 0 Å². The van der Waals surface area contributed by atoms with Crippen molar-refractivity contribution in [3.8, 4) is 5.75 Å². The van der Waals surface area contributed by atoms with Crippen LogP contribution < -0.4 is 15.8 Å². The number of anilines is 3. The van der Waals surface area contributed by atoms with Crippen LogP contribution in [-0.4, -0.2) is 6.61 Å². The number of nitrogens with two attached hydrogens (primary N) is 1. The topological polar surface area (TPSA) is 47.3 Å². The van der Waals surface area contributed by atoms with Crippen LogP contribution in [0.4, 0.5) is 17.1 Å². The van der Waals surface area contributed by atoms with Crippen LogP contribution in [0.3, 0.4) is 0 Å². The lowest BCUT2D eigenvalue weighted by molar-refractivity contribution is 0.340. The summed E-state index contributed by atoms with van der Waals surface area (Å²) < 4.78 is 6.36. The van der Waals surface area contributed by atoms with E-state index in [4.69, 9.17) is 10.5 Å². The second-order valence-corrected chi connectivity index (χ2v) is 4.73. The van der Waals surface area contributed by atoms with Gasteiger partial charge in [0, 0.05) is 10.2 Å². The minimum atomic E-state index is 0.673. The summed E-state index contributed by atoms with van der Waals surface area (Å²) in [5.41, 5.74) is 8.51. The molecule has 4 heteroatoms. The number of hydrogen-bond donors (Lipinski definition) is 2. The Balaban J connectivity index is 2.13. The van der Waals surface area contributed by atoms with Crippen LogP contribution in [0, 0.1) is 0 Å². The van der Waals surface area contributed by atoms with Crippen molar-refractivity contribution in [3.05, 3.63) is 46.9 Å². The molecular formula is C14H15BrN2O. The maximum Gasteiger partial charge on any atom is 0.119 e. The Morgan fingerprint density at radius 2 is 1.89 bits per heavy atom. The van der Waals surface area contributed by atoms with Crippen LogP contribution in [0.5, 0.6) is 5.75 Å². The van der Waals surface area contributed by atoms with Gasteiger partial charge in [0.25, 0.3) is 0 Å². The lowest BCUT2D eigenvalue weighted by atomic mass is 10.2. The van der Waals surface area contributed by atoms with E-state index in [1.54, 1.807) is 0 Å². The van der Waals surface area contributed by atoms with Crippen LogP contribution in [0.25, 0.3) is 0 Å². The van der Waals surface area contributed by atoms with Gasteiger partial charge < -0.3 is 15.8 Å². The van der Waals surface area contributed by atoms with Crippen molar-refractivity contribution in [1.82, 2.24) is 0 Å². The largest absolute Gasteiger partial charge is 0.494 e. The van der Waals surface area contributed by atoms with Gasteiger partial charge in [-0.2, -0.15) is 0 Å². The van der Waals surface area contributed by atoms with Gasteiger partial charge in [-0.1, -0.05) is 15.9 Å². The van der Waals surface area contributed by atoms with E-state index in [0.29, 0.717) is 12.3 Å². The normalized spacial score (nSPS) is 10.1. The van der Waals surface area contributed by atoms with E-state index in [9.17, 15) is 0 Å². The Bertz CT molecular complexity index is 526. The molecule has 2 aromatic carbocycles. The molecule has 0 saturated heterocycles. The molecule has 0 saturated carbocycles. The molecule has 2 rings (SSSR count). The average Bonchev–Trinajstić information content (AvgIpc) is 2.35. The van der Waals surface area contributed by atoms with E-state index < -0.39 is 0 Å². The van der Waals surface area contributed by atoms with Crippen molar-refractivity contribution in [2.75, 3.05) is 17.7 Å². The molecule has 0 heterocycles. The maximum absolute atomic E-state index is 5.93. The number of ether oxygens (including phenoxy) is 1. The van der Waals surface area contributed by atoms with Gasteiger partial charge in [0.15, 0.2) is 0 Å². The second kappa shape index (κ2) is 5.78. The zero-order chi connectivity index (χ0) is 13.0. The Kier molecular flexibility index (Phi) is 4.10. The highest BCUT2D eigenvalue weighted by atomic mass is 79.9. The van der Waals surface area contributed by atoms with E-state index in [1.165, 1.54) is 0 Å². The van der Waals surface area contributed by atoms with Crippen LogP contribution >= 0.6 is 15.9 Å². The fourth-order valence-electron chi connectivity index (χ4n) is 1.60. The Hall–Kier alpha value is -1.68. The fourth-order valence-corrected chi connectivity index (χ4v) is 1.98. The molecule has 0 aliphatic carbocycles. The Labute approximate surface area is 115 Å². The Morgan fingerprint density at radius 1 is 1.17 bits per heavy atom. The first kappa shape index (κ1) is 12.8. The summed E-state index contributed by atoms with van der Waals surface area (Å²) >= 11 is 3.38. The predicted octanol–water partition coefficient (Wildman–Crippen LogP) is 4.17. The number of nitrogens with one attached hydrogen (secondary N) is 1. The van der Waals surface area contributed by atoms with Crippen LogP contribution in [-0.2, 0) is 0 Å². The van der Waals surface area contributed by atoms with Gasteiger partial charge in [-0.15, -0.1) is 0 Å². The number of rotatable bonds is 4. The number of halogens is 1. The molecule has 0 amide bonds. The first-order chi connectivity index (χ1) is 8.69. The van der Waals surface area contributed by atoms with E-state index in [0.717, 1.165) is 21.6 Å². The zero-order valence-corrected chi connectivity index (χ0v) is 11.7. The summed E-state index contributed by atoms with van der Waals surface area (Å²) in [6, 6.07) is 13.6. The van der Waals surface area contributed by atoms with Crippen LogP contribution in [0.2, 0.25) is 0 Å². The fraction of sp³-hybridized carbons (Fsp3) is 0.143. The second-order valence-electron chi connectivity index (χ2n) is 3.81. The van der Waals surface area contributed by atoms with E-state index in [-0.39, 0.29) is 0 Å². The van der Waals surface area contributed by atoms with E-state index >= 15 is 0 Å². The van der Waals surface area contributed by atoms with Gasteiger partial charge in [-0.05, 0) is 49.4 Å². The van der Waals surface area contributed by atoms with Crippen molar-refractivity contribution in [1.29, 1.82) is 0 Å². The molecule has 0 atom stereocenters. The van der Waals surface area contributed by atoms with Crippen molar-refractivity contribution >= 4 is 33.0 Å². The summed E-state index contributed by atoms with van der Waals surface area (Å²) in [4.78, 5) is 0. The highest BCUT2D eigenvalue weighted by Gasteiger charge is 2.00. The molecule has 0 radical (unpaired) electrons. The van der Waals surface area contributed by atoms with Crippen molar-refractivity contribution in [2.45, 2.75) is 6.92 Å². The first-order valence-electron chi connectivity index (χ1n) is 5.74. The third-order valence-corrected chi connectivity index (χ3v) is 2.95. The van der Waals surface area contributed by atoms with Crippen molar-refractivity contribution in [2.24, 2.45) is 0 Å². The van der Waals surface area contributed by atoms with Gasteiger partial charge in [0.1, 0.15) is 5.75 Å². The van der Waals surface area contributed by atoms with Gasteiger partial charge in [0.05, 0.1) is 18.0 Å². The van der Waals surface area contributed by atoms with Crippen molar-refractivity contribution in [3.63, 3.8) is 0 Å². The first-order valence-corrected chi connectivity index (χ1v) is 6.53.